The van der Waals surface area contributed by atoms with Crippen molar-refractivity contribution in [3.8, 4) is 39.5 Å². The van der Waals surface area contributed by atoms with Crippen molar-refractivity contribution < 1.29 is 18.9 Å². The molecule has 0 aliphatic heterocycles. The number of methoxy groups -OCH3 is 1. The second kappa shape index (κ2) is 14.2. The van der Waals surface area contributed by atoms with Crippen LogP contribution < -0.4 is 14.2 Å². The number of hydrogen-bond acceptors (Lipinski definition) is 4. The number of rotatable bonds is 12. The lowest BCUT2D eigenvalue weighted by Gasteiger charge is -2.30. The maximum Gasteiger partial charge on any atom is 0.197 e. The van der Waals surface area contributed by atoms with E-state index in [2.05, 4.69) is 95.3 Å². The lowest BCUT2D eigenvalue weighted by molar-refractivity contribution is -0.0747. The van der Waals surface area contributed by atoms with Gasteiger partial charge in [0.15, 0.2) is 17.8 Å². The molecule has 2 atom stereocenters. The molecule has 2 unspecified atom stereocenters. The van der Waals surface area contributed by atoms with Gasteiger partial charge in [-0.15, -0.1) is 0 Å². The van der Waals surface area contributed by atoms with Gasteiger partial charge in [0, 0.05) is 17.0 Å². The van der Waals surface area contributed by atoms with Gasteiger partial charge in [0.1, 0.15) is 12.4 Å². The van der Waals surface area contributed by atoms with E-state index < -0.39 is 6.29 Å². The normalized spacial score (nSPS) is 12.7. The van der Waals surface area contributed by atoms with E-state index in [1.807, 2.05) is 49.4 Å². The summed E-state index contributed by atoms with van der Waals surface area (Å²) >= 11 is 0. The van der Waals surface area contributed by atoms with E-state index in [1.54, 1.807) is 7.11 Å². The molecular weight excluding hydrogens is 520 g/mol. The van der Waals surface area contributed by atoms with Crippen molar-refractivity contribution >= 4 is 0 Å². The van der Waals surface area contributed by atoms with Crippen molar-refractivity contribution in [2.24, 2.45) is 5.41 Å². The van der Waals surface area contributed by atoms with Gasteiger partial charge in [-0.05, 0) is 55.0 Å². The van der Waals surface area contributed by atoms with Crippen molar-refractivity contribution in [1.82, 2.24) is 0 Å². The molecule has 0 aromatic heterocycles. The maximum atomic E-state index is 6.42. The first-order valence-electron chi connectivity index (χ1n) is 14.6. The Bertz CT molecular complexity index is 1390. The van der Waals surface area contributed by atoms with E-state index in [9.17, 15) is 0 Å². The highest BCUT2D eigenvalue weighted by Crippen LogP contribution is 2.41. The third-order valence-electron chi connectivity index (χ3n) is 7.14. The molecule has 0 saturated heterocycles. The molecule has 4 aromatic carbocycles. The average Bonchev–Trinajstić information content (AvgIpc) is 2.98. The van der Waals surface area contributed by atoms with E-state index in [0.717, 1.165) is 28.0 Å². The minimum Gasteiger partial charge on any atom is -0.493 e. The first-order valence-corrected chi connectivity index (χ1v) is 14.6. The topological polar surface area (TPSA) is 36.9 Å². The smallest absolute Gasteiger partial charge is 0.197 e. The molecule has 42 heavy (non-hydrogen) atoms. The molecule has 0 N–H and O–H groups in total. The summed E-state index contributed by atoms with van der Waals surface area (Å²) in [6.07, 6.45) is 1.84. The van der Waals surface area contributed by atoms with Crippen LogP contribution >= 0.6 is 0 Å². The molecule has 0 amide bonds. The van der Waals surface area contributed by atoms with E-state index in [1.165, 1.54) is 11.1 Å². The Morgan fingerprint density at radius 1 is 0.738 bits per heavy atom. The molecule has 0 aliphatic rings. The quantitative estimate of drug-likeness (QED) is 0.0975. The van der Waals surface area contributed by atoms with Gasteiger partial charge in [0.05, 0.1) is 13.7 Å². The van der Waals surface area contributed by atoms with Crippen LogP contribution in [0.5, 0.6) is 17.2 Å². The highest BCUT2D eigenvalue weighted by atomic mass is 16.7. The van der Waals surface area contributed by atoms with Crippen LogP contribution in [0.15, 0.2) is 109 Å². The molecule has 4 aromatic rings. The van der Waals surface area contributed by atoms with Crippen LogP contribution in [0.4, 0.5) is 0 Å². The first kappa shape index (κ1) is 30.9. The van der Waals surface area contributed by atoms with E-state index >= 15 is 0 Å². The predicted octanol–water partition coefficient (Wildman–Crippen LogP) is 9.95. The van der Waals surface area contributed by atoms with Gasteiger partial charge in [-0.2, -0.15) is 0 Å². The van der Waals surface area contributed by atoms with E-state index in [0.29, 0.717) is 24.7 Å². The van der Waals surface area contributed by atoms with Crippen LogP contribution in [-0.4, -0.2) is 26.6 Å². The number of benzene rings is 4. The number of para-hydroxylation sites is 1. The van der Waals surface area contributed by atoms with Crippen LogP contribution in [0.1, 0.15) is 53.0 Å². The zero-order chi connectivity index (χ0) is 30.1. The van der Waals surface area contributed by atoms with Gasteiger partial charge < -0.3 is 18.9 Å². The lowest BCUT2D eigenvalue weighted by Crippen LogP contribution is -2.21. The van der Waals surface area contributed by atoms with Crippen LogP contribution in [0, 0.1) is 5.41 Å². The third-order valence-corrected chi connectivity index (χ3v) is 7.14. The van der Waals surface area contributed by atoms with Gasteiger partial charge >= 0.3 is 0 Å². The van der Waals surface area contributed by atoms with Crippen molar-refractivity contribution in [2.75, 3.05) is 20.3 Å². The molecule has 0 saturated carbocycles. The number of hydrogen-bond donors (Lipinski definition) is 0. The fourth-order valence-corrected chi connectivity index (χ4v) is 5.11. The highest BCUT2D eigenvalue weighted by molar-refractivity contribution is 5.82. The Balaban J connectivity index is 1.44. The van der Waals surface area contributed by atoms with Gasteiger partial charge in [-0.1, -0.05) is 117 Å². The monoisotopic (exact) mass is 564 g/mol. The molecule has 0 bridgehead atoms. The Hall–Kier alpha value is -4.02. The summed E-state index contributed by atoms with van der Waals surface area (Å²) in [5, 5.41) is 0. The van der Waals surface area contributed by atoms with Gasteiger partial charge in [-0.25, -0.2) is 0 Å². The molecule has 0 heterocycles. The fraction of sp³-hybridized carbons (Fsp3) is 0.316. The second-order valence-corrected chi connectivity index (χ2v) is 11.8. The minimum absolute atomic E-state index is 0.0700. The summed E-state index contributed by atoms with van der Waals surface area (Å²) in [5.41, 5.74) is 6.87. The van der Waals surface area contributed by atoms with Gasteiger partial charge in [0.2, 0.25) is 0 Å². The number of allylic oxidation sites excluding steroid dienone is 2. The molecule has 0 aliphatic carbocycles. The molecule has 4 heteroatoms. The predicted molar refractivity (Wildman–Crippen MR) is 173 cm³/mol. The van der Waals surface area contributed by atoms with Crippen LogP contribution in [-0.2, 0) is 4.74 Å². The maximum absolute atomic E-state index is 6.42. The number of ether oxygens (including phenoxy) is 4. The van der Waals surface area contributed by atoms with Crippen molar-refractivity contribution in [2.45, 2.75) is 53.8 Å². The molecule has 0 fully saturated rings. The fourth-order valence-electron chi connectivity index (χ4n) is 5.11. The summed E-state index contributed by atoms with van der Waals surface area (Å²) in [7, 11) is 1.67. The summed E-state index contributed by atoms with van der Waals surface area (Å²) < 4.78 is 24.3. The average molecular weight is 565 g/mol. The van der Waals surface area contributed by atoms with Gasteiger partial charge in [-0.3, -0.25) is 0 Å². The standard InChI is InChI=1S/C38H44O4/c1-27(2)25-34(38(4,5)6)31-21-22-35(36(26-31)39-7)42-28(3)40-23-24-41-37-32(29-15-10-8-11-16-29)19-14-20-33(37)30-17-12-9-13-18-30/h8-22,25-26,28,34H,23-24H2,1-7H3. The Morgan fingerprint density at radius 2 is 1.33 bits per heavy atom. The van der Waals surface area contributed by atoms with E-state index in [4.69, 9.17) is 18.9 Å². The largest absolute Gasteiger partial charge is 0.493 e. The molecule has 4 rings (SSSR count). The second-order valence-electron chi connectivity index (χ2n) is 11.8. The van der Waals surface area contributed by atoms with Crippen molar-refractivity contribution in [3.05, 3.63) is 114 Å². The molecule has 4 nitrogen and oxygen atoms in total. The Kier molecular flexibility index (Phi) is 10.5. The summed E-state index contributed by atoms with van der Waals surface area (Å²) in [5.74, 6) is 2.45. The van der Waals surface area contributed by atoms with Crippen molar-refractivity contribution in [1.29, 1.82) is 0 Å². The Morgan fingerprint density at radius 3 is 1.86 bits per heavy atom. The van der Waals surface area contributed by atoms with Crippen LogP contribution in [0.3, 0.4) is 0 Å². The zero-order valence-corrected chi connectivity index (χ0v) is 26.0. The highest BCUT2D eigenvalue weighted by Gasteiger charge is 2.25. The van der Waals surface area contributed by atoms with Crippen LogP contribution in [0.25, 0.3) is 22.3 Å². The zero-order valence-electron chi connectivity index (χ0n) is 26.0. The molecular formula is C38H44O4. The van der Waals surface area contributed by atoms with Gasteiger partial charge in [0.25, 0.3) is 0 Å². The van der Waals surface area contributed by atoms with Crippen molar-refractivity contribution in [3.63, 3.8) is 0 Å². The summed E-state index contributed by atoms with van der Waals surface area (Å²) in [4.78, 5) is 0. The summed E-state index contributed by atoms with van der Waals surface area (Å²) in [6, 6.07) is 33.1. The minimum atomic E-state index is -0.484. The molecule has 0 spiro atoms. The third kappa shape index (κ3) is 8.04. The summed E-state index contributed by atoms with van der Waals surface area (Å²) in [6.45, 7) is 13.7. The Labute approximate surface area is 251 Å². The first-order chi connectivity index (χ1) is 20.2. The van der Waals surface area contributed by atoms with Crippen LogP contribution in [0.2, 0.25) is 0 Å². The molecule has 220 valence electrons. The van der Waals surface area contributed by atoms with E-state index in [-0.39, 0.29) is 11.3 Å². The molecule has 0 radical (unpaired) electrons. The SMILES string of the molecule is COc1cc(C(C=C(C)C)C(C)(C)C)ccc1OC(C)OCCOc1c(-c2ccccc2)cccc1-c1ccccc1. The lowest BCUT2D eigenvalue weighted by atomic mass is 9.75.